The number of aromatic amines is 1. The number of H-pyrrole nitrogens is 1. The number of rotatable bonds is 6. The van der Waals surface area contributed by atoms with Gasteiger partial charge in [0.15, 0.2) is 0 Å². The molecule has 1 unspecified atom stereocenters. The number of fused-ring (bicyclic) bond motifs is 6. The second-order valence-corrected chi connectivity index (χ2v) is 11.7. The largest absolute Gasteiger partial charge is 0.489 e. The number of ether oxygens (including phenoxy) is 2. The number of benzene rings is 3. The molecule has 3 aromatic carbocycles. The molecular weight excluding hydrogens is 518 g/mol. The Balaban J connectivity index is 1.34. The molecule has 0 spiro atoms. The molecule has 210 valence electrons. The zero-order valence-corrected chi connectivity index (χ0v) is 23.6. The zero-order chi connectivity index (χ0) is 28.9. The van der Waals surface area contributed by atoms with E-state index in [0.717, 1.165) is 33.3 Å². The predicted molar refractivity (Wildman–Crippen MR) is 155 cm³/mol. The van der Waals surface area contributed by atoms with Gasteiger partial charge in [0.05, 0.1) is 17.5 Å². The number of likely N-dealkylation sites (N-methyl/N-ethyl adjacent to an activating group) is 1. The highest BCUT2D eigenvalue weighted by Gasteiger charge is 2.48. The molecule has 8 heteroatoms. The number of nitrogens with zero attached hydrogens (tertiary/aromatic N) is 2. The third-order valence-corrected chi connectivity index (χ3v) is 7.71. The van der Waals surface area contributed by atoms with Crippen LogP contribution in [-0.4, -0.2) is 51.9 Å². The van der Waals surface area contributed by atoms with Crippen LogP contribution >= 0.6 is 0 Å². The van der Waals surface area contributed by atoms with Crippen molar-refractivity contribution < 1.29 is 23.9 Å². The highest BCUT2D eigenvalue weighted by molar-refractivity contribution is 6.04. The molecule has 3 amide bonds. The molecule has 1 N–H and O–H groups in total. The van der Waals surface area contributed by atoms with Gasteiger partial charge in [-0.15, -0.1) is 0 Å². The molecule has 2 atom stereocenters. The van der Waals surface area contributed by atoms with Gasteiger partial charge in [0, 0.05) is 30.2 Å². The first-order valence-corrected chi connectivity index (χ1v) is 13.8. The van der Waals surface area contributed by atoms with Crippen molar-refractivity contribution in [2.75, 3.05) is 13.6 Å². The maximum absolute atomic E-state index is 13.3. The first-order chi connectivity index (χ1) is 19.6. The number of carbonyl (C=O) groups excluding carboxylic acids is 3. The summed E-state index contributed by atoms with van der Waals surface area (Å²) in [6, 6.07) is 22.5. The Labute approximate surface area is 238 Å². The van der Waals surface area contributed by atoms with Crippen LogP contribution in [0, 0.1) is 0 Å². The van der Waals surface area contributed by atoms with Crippen LogP contribution in [0.3, 0.4) is 0 Å². The lowest BCUT2D eigenvalue weighted by Gasteiger charge is -2.45. The van der Waals surface area contributed by atoms with E-state index in [9.17, 15) is 14.4 Å². The molecule has 41 heavy (non-hydrogen) atoms. The molecular formula is C33H33N3O5. The fourth-order valence-corrected chi connectivity index (χ4v) is 5.74. The fraction of sp³-hybridized carbons (Fsp3) is 0.303. The van der Waals surface area contributed by atoms with E-state index in [4.69, 9.17) is 9.47 Å². The molecule has 0 aliphatic carbocycles. The molecule has 8 nitrogen and oxygen atoms in total. The summed E-state index contributed by atoms with van der Waals surface area (Å²) in [6.45, 7) is 6.27. The molecule has 0 radical (unpaired) electrons. The Hall–Kier alpha value is -4.59. The monoisotopic (exact) mass is 551 g/mol. The Morgan fingerprint density at radius 1 is 0.976 bits per heavy atom. The Morgan fingerprint density at radius 3 is 2.41 bits per heavy atom. The van der Waals surface area contributed by atoms with Crippen LogP contribution < -0.4 is 4.74 Å². The summed E-state index contributed by atoms with van der Waals surface area (Å²) >= 11 is 0. The molecule has 2 aliphatic rings. The number of amides is 3. The lowest BCUT2D eigenvalue weighted by molar-refractivity contribution is -0.132. The maximum atomic E-state index is 13.3. The van der Waals surface area contributed by atoms with Gasteiger partial charge in [-0.2, -0.15) is 0 Å². The van der Waals surface area contributed by atoms with E-state index >= 15 is 0 Å². The number of hydrogen-bond donors (Lipinski definition) is 1. The van der Waals surface area contributed by atoms with Crippen molar-refractivity contribution >= 4 is 28.8 Å². The molecule has 1 fully saturated rings. The van der Waals surface area contributed by atoms with Gasteiger partial charge in [0.1, 0.15) is 18.0 Å². The molecule has 4 aromatic rings. The van der Waals surface area contributed by atoms with Crippen molar-refractivity contribution in [1.29, 1.82) is 0 Å². The van der Waals surface area contributed by atoms with Crippen molar-refractivity contribution in [2.24, 2.45) is 0 Å². The number of hydrogen-bond acceptors (Lipinski definition) is 5. The first-order valence-electron chi connectivity index (χ1n) is 13.8. The van der Waals surface area contributed by atoms with Gasteiger partial charge in [0.2, 0.25) is 5.91 Å². The third-order valence-electron chi connectivity index (χ3n) is 7.71. The summed E-state index contributed by atoms with van der Waals surface area (Å²) < 4.78 is 11.6. The number of carbonyl (C=O) groups is 3. The number of urea groups is 1. The Kier molecular flexibility index (Phi) is 6.56. The van der Waals surface area contributed by atoms with Crippen molar-refractivity contribution in [3.05, 3.63) is 101 Å². The van der Waals surface area contributed by atoms with E-state index in [-0.39, 0.29) is 23.9 Å². The predicted octanol–water partition coefficient (Wildman–Crippen LogP) is 5.98. The van der Waals surface area contributed by atoms with Crippen LogP contribution in [0.5, 0.6) is 5.75 Å². The summed E-state index contributed by atoms with van der Waals surface area (Å²) in [5.41, 5.74) is 4.60. The Morgan fingerprint density at radius 2 is 1.71 bits per heavy atom. The van der Waals surface area contributed by atoms with Gasteiger partial charge in [-0.3, -0.25) is 9.69 Å². The molecule has 2 bridgehead atoms. The van der Waals surface area contributed by atoms with Crippen molar-refractivity contribution in [3.8, 4) is 5.75 Å². The number of aromatic nitrogens is 1. The van der Waals surface area contributed by atoms with Crippen molar-refractivity contribution in [1.82, 2.24) is 14.8 Å². The average molecular weight is 552 g/mol. The van der Waals surface area contributed by atoms with E-state index in [1.807, 2.05) is 81.4 Å². The van der Waals surface area contributed by atoms with Gasteiger partial charge in [-0.1, -0.05) is 42.5 Å². The standard InChI is InChI=1S/C33H33N3O5/c1-33(2,3)41-31(38)22-12-10-20(11-13-22)16-27-29-28(25-18-36(27)32(39)35(4)30(25)37)24-17-23(14-15-26(24)34-29)40-19-21-8-6-5-7-9-21/h5-15,17,25,27,34H,16,18-19H2,1-4H3/t25-,27?/m0/s1. The molecule has 0 saturated carbocycles. The minimum Gasteiger partial charge on any atom is -0.489 e. The van der Waals surface area contributed by atoms with Crippen molar-refractivity contribution in [3.63, 3.8) is 0 Å². The lowest BCUT2D eigenvalue weighted by atomic mass is 9.83. The van der Waals surface area contributed by atoms with Crippen LogP contribution in [0.1, 0.15) is 65.5 Å². The van der Waals surface area contributed by atoms with E-state index < -0.39 is 11.5 Å². The normalized spacial score (nSPS) is 18.4. The van der Waals surface area contributed by atoms with Crippen LogP contribution in [-0.2, 0) is 22.6 Å². The molecule has 1 saturated heterocycles. The third kappa shape index (κ3) is 5.06. The topological polar surface area (TPSA) is 91.9 Å². The van der Waals surface area contributed by atoms with Crippen LogP contribution in [0.15, 0.2) is 72.8 Å². The van der Waals surface area contributed by atoms with Crippen LogP contribution in [0.4, 0.5) is 4.79 Å². The summed E-state index contributed by atoms with van der Waals surface area (Å²) in [4.78, 5) is 45.6. The van der Waals surface area contributed by atoms with E-state index in [0.29, 0.717) is 30.9 Å². The number of esters is 1. The Bertz CT molecular complexity index is 1640. The van der Waals surface area contributed by atoms with Crippen LogP contribution in [0.2, 0.25) is 0 Å². The van der Waals surface area contributed by atoms with Gasteiger partial charge in [-0.25, -0.2) is 9.59 Å². The molecule has 6 rings (SSSR count). The first kappa shape index (κ1) is 26.6. The maximum Gasteiger partial charge on any atom is 0.338 e. The highest BCUT2D eigenvalue weighted by atomic mass is 16.6. The van der Waals surface area contributed by atoms with Crippen LogP contribution in [0.25, 0.3) is 10.9 Å². The quantitative estimate of drug-likeness (QED) is 0.298. The molecule has 3 heterocycles. The second-order valence-electron chi connectivity index (χ2n) is 11.7. The van der Waals surface area contributed by atoms with E-state index in [2.05, 4.69) is 4.98 Å². The molecule has 2 aliphatic heterocycles. The minimum atomic E-state index is -0.578. The summed E-state index contributed by atoms with van der Waals surface area (Å²) in [6.07, 6.45) is 0.520. The summed E-state index contributed by atoms with van der Waals surface area (Å²) in [5.74, 6) is -0.326. The zero-order valence-electron chi connectivity index (χ0n) is 23.6. The van der Waals surface area contributed by atoms with Crippen molar-refractivity contribution in [2.45, 2.75) is 51.4 Å². The number of imide groups is 1. The smallest absolute Gasteiger partial charge is 0.338 e. The number of nitrogens with one attached hydrogen (secondary N) is 1. The fourth-order valence-electron chi connectivity index (χ4n) is 5.74. The van der Waals surface area contributed by atoms with Gasteiger partial charge < -0.3 is 19.4 Å². The minimum absolute atomic E-state index is 0.204. The SMILES string of the molecule is CN1C(=O)[C@H]2CN(C1=O)C(Cc1ccc(C(=O)OC(C)(C)C)cc1)c1[nH]c3ccc(OCc4ccccc4)cc3c12. The van der Waals surface area contributed by atoms with Gasteiger partial charge in [0.25, 0.3) is 0 Å². The van der Waals surface area contributed by atoms with Gasteiger partial charge >= 0.3 is 12.0 Å². The average Bonchev–Trinajstić information content (AvgIpc) is 3.33. The van der Waals surface area contributed by atoms with Gasteiger partial charge in [-0.05, 0) is 74.2 Å². The lowest BCUT2D eigenvalue weighted by Crippen LogP contribution is -2.57. The molecule has 1 aromatic heterocycles. The highest BCUT2D eigenvalue weighted by Crippen LogP contribution is 2.45. The summed E-state index contributed by atoms with van der Waals surface area (Å²) in [5, 5.41) is 0.927. The second kappa shape index (κ2) is 10.1. The van der Waals surface area contributed by atoms with E-state index in [1.54, 1.807) is 24.1 Å². The van der Waals surface area contributed by atoms with E-state index in [1.165, 1.54) is 4.90 Å². The summed E-state index contributed by atoms with van der Waals surface area (Å²) in [7, 11) is 1.55.